The molecule has 2 aliphatic heterocycles. The minimum absolute atomic E-state index is 0.0635. The Labute approximate surface area is 328 Å². The lowest BCUT2D eigenvalue weighted by atomic mass is 9.49. The Kier molecular flexibility index (Phi) is 8.87. The molecule has 4 amide bonds. The third kappa shape index (κ3) is 5.53. The lowest BCUT2D eigenvalue weighted by Gasteiger charge is -2.50. The minimum Gasteiger partial charge on any atom is -0.508 e. The molecule has 3 heterocycles. The number of phenolic OH excluding ortho intramolecular Hbond substituents is 1. The van der Waals surface area contributed by atoms with E-state index in [1.165, 1.54) is 12.1 Å². The maximum atomic E-state index is 15.3. The zero-order chi connectivity index (χ0) is 38.4. The van der Waals surface area contributed by atoms with E-state index < -0.39 is 75.4 Å². The van der Waals surface area contributed by atoms with Crippen LogP contribution in [0, 0.1) is 23.7 Å². The highest BCUT2D eigenvalue weighted by molar-refractivity contribution is 9.10. The van der Waals surface area contributed by atoms with Crippen LogP contribution in [-0.4, -0.2) is 38.7 Å². The molecule has 0 spiro atoms. The molecule has 1 saturated carbocycles. The van der Waals surface area contributed by atoms with E-state index in [1.807, 2.05) is 6.08 Å². The number of aromatic nitrogens is 1. The lowest BCUT2D eigenvalue weighted by Crippen LogP contribution is -2.53. The number of nitrogens with one attached hydrogen (secondary N) is 1. The van der Waals surface area contributed by atoms with Crippen LogP contribution in [0.5, 0.6) is 5.75 Å². The summed E-state index contributed by atoms with van der Waals surface area (Å²) in [5, 5.41) is 11.0. The van der Waals surface area contributed by atoms with E-state index >= 15 is 4.79 Å². The predicted molar refractivity (Wildman–Crippen MR) is 197 cm³/mol. The fraction of sp³-hybridized carbons (Fsp3) is 0.237. The fourth-order valence-corrected chi connectivity index (χ4v) is 9.60. The zero-order valence-corrected chi connectivity index (χ0v) is 31.3. The van der Waals surface area contributed by atoms with Crippen LogP contribution in [0.2, 0.25) is 15.1 Å². The molecule has 2 N–H and O–H groups in total. The normalized spacial score (nSPS) is 26.4. The fourth-order valence-electron chi connectivity index (χ4n) is 8.72. The van der Waals surface area contributed by atoms with Crippen LogP contribution in [0.15, 0.2) is 95.1 Å². The van der Waals surface area contributed by atoms with E-state index in [4.69, 9.17) is 34.8 Å². The molecular weight excluding hydrogens is 836 g/mol. The molecule has 0 radical (unpaired) electrons. The van der Waals surface area contributed by atoms with Gasteiger partial charge in [0.05, 0.1) is 39.4 Å². The number of amides is 4. The number of halogens is 7. The number of anilines is 2. The van der Waals surface area contributed by atoms with Gasteiger partial charge in [-0.1, -0.05) is 80.6 Å². The van der Waals surface area contributed by atoms with Gasteiger partial charge in [0.15, 0.2) is 5.82 Å². The number of alkyl halides is 3. The molecule has 4 aliphatic rings. The third-order valence-corrected chi connectivity index (χ3v) is 12.3. The highest BCUT2D eigenvalue weighted by Crippen LogP contribution is 2.65. The summed E-state index contributed by atoms with van der Waals surface area (Å²) in [5.41, 5.74) is 1.39. The van der Waals surface area contributed by atoms with E-state index in [0.717, 1.165) is 9.37 Å². The summed E-state index contributed by atoms with van der Waals surface area (Å²) in [6.45, 7) is 0. The van der Waals surface area contributed by atoms with Crippen molar-refractivity contribution in [2.75, 3.05) is 10.3 Å². The summed E-state index contributed by atoms with van der Waals surface area (Å²) >= 11 is 22.8. The first-order valence-corrected chi connectivity index (χ1v) is 18.5. The average Bonchev–Trinajstić information content (AvgIpc) is 3.50. The van der Waals surface area contributed by atoms with E-state index in [2.05, 4.69) is 26.3 Å². The summed E-state index contributed by atoms with van der Waals surface area (Å²) in [4.78, 5) is 63.4. The molecule has 16 heteroatoms. The van der Waals surface area contributed by atoms with Gasteiger partial charge in [0.2, 0.25) is 11.8 Å². The van der Waals surface area contributed by atoms with Crippen LogP contribution in [0.3, 0.4) is 0 Å². The standard InChI is InChI=1S/C38H25BrCl3F3N4O5/c39-19-3-7-21(8-4-19)48-33(51)25-12-11-23-26(30(25)35(48)53)15-27-34(52)49(47-32-29(42)13-18(16-46-32)38(43,44)45)36(54)37(27,17-1-5-20(40)6-2-17)31(23)24-10-9-22(50)14-28(24)41/h1-11,13-14,16,25-27,30-31,50H,12,15H2,(H,46,47)/t25-,26+,27-,30-,31+,37+/m0/s1. The summed E-state index contributed by atoms with van der Waals surface area (Å²) < 4.78 is 41.1. The lowest BCUT2D eigenvalue weighted by molar-refractivity contribution is -0.139. The highest BCUT2D eigenvalue weighted by atomic mass is 79.9. The number of hydrazine groups is 1. The number of pyridine rings is 1. The van der Waals surface area contributed by atoms with Crippen molar-refractivity contribution in [3.63, 3.8) is 0 Å². The number of carbonyl (C=O) groups is 4. The number of nitrogens with zero attached hydrogens (tertiary/aromatic N) is 3. The average molecular weight is 861 g/mol. The number of benzene rings is 3. The number of carbonyl (C=O) groups excluding carboxylic acids is 4. The summed E-state index contributed by atoms with van der Waals surface area (Å²) in [7, 11) is 0. The molecule has 0 unspecified atom stereocenters. The van der Waals surface area contributed by atoms with Crippen molar-refractivity contribution in [3.05, 3.63) is 127 Å². The van der Waals surface area contributed by atoms with Gasteiger partial charge >= 0.3 is 6.18 Å². The summed E-state index contributed by atoms with van der Waals surface area (Å²) in [6, 6.07) is 18.0. The molecule has 276 valence electrons. The Morgan fingerprint density at radius 2 is 1.57 bits per heavy atom. The van der Waals surface area contributed by atoms with Crippen LogP contribution in [0.1, 0.15) is 35.4 Å². The van der Waals surface area contributed by atoms with Crippen molar-refractivity contribution >= 4 is 85.9 Å². The highest BCUT2D eigenvalue weighted by Gasteiger charge is 2.70. The van der Waals surface area contributed by atoms with E-state index in [-0.39, 0.29) is 29.4 Å². The molecule has 1 aromatic heterocycles. The molecule has 3 aromatic carbocycles. The Hall–Kier alpha value is -4.43. The Balaban J connectivity index is 1.31. The zero-order valence-electron chi connectivity index (χ0n) is 27.5. The second-order valence-corrected chi connectivity index (χ2v) is 15.8. The van der Waals surface area contributed by atoms with Gasteiger partial charge in [-0.25, -0.2) is 4.98 Å². The van der Waals surface area contributed by atoms with Crippen molar-refractivity contribution in [2.45, 2.75) is 30.4 Å². The number of hydrogen-bond donors (Lipinski definition) is 2. The van der Waals surface area contributed by atoms with Gasteiger partial charge in [0.25, 0.3) is 11.8 Å². The number of phenols is 1. The van der Waals surface area contributed by atoms with Crippen LogP contribution in [0.25, 0.3) is 0 Å². The maximum Gasteiger partial charge on any atom is 0.417 e. The third-order valence-electron chi connectivity index (χ3n) is 10.9. The van der Waals surface area contributed by atoms with Gasteiger partial charge in [-0.2, -0.15) is 18.2 Å². The number of hydrogen-bond acceptors (Lipinski definition) is 7. The van der Waals surface area contributed by atoms with Gasteiger partial charge in [0, 0.05) is 26.6 Å². The molecular formula is C38H25BrCl3F3N4O5. The van der Waals surface area contributed by atoms with Crippen LogP contribution in [-0.2, 0) is 30.8 Å². The van der Waals surface area contributed by atoms with E-state index in [0.29, 0.717) is 44.7 Å². The number of imide groups is 2. The molecule has 54 heavy (non-hydrogen) atoms. The first-order valence-electron chi connectivity index (χ1n) is 16.6. The van der Waals surface area contributed by atoms with Crippen molar-refractivity contribution in [3.8, 4) is 5.75 Å². The Morgan fingerprint density at radius 1 is 0.870 bits per heavy atom. The second-order valence-electron chi connectivity index (χ2n) is 13.6. The number of rotatable bonds is 5. The quantitative estimate of drug-likeness (QED) is 0.152. The number of aromatic hydroxyl groups is 1. The molecule has 2 aliphatic carbocycles. The Bertz CT molecular complexity index is 2310. The van der Waals surface area contributed by atoms with Gasteiger partial charge in [-0.3, -0.25) is 29.5 Å². The van der Waals surface area contributed by atoms with Gasteiger partial charge in [-0.15, -0.1) is 0 Å². The first-order chi connectivity index (χ1) is 25.6. The van der Waals surface area contributed by atoms with Crippen LogP contribution < -0.4 is 10.3 Å². The molecule has 0 bridgehead atoms. The SMILES string of the molecule is O=C1[C@@H]2C[C@@H]3C(=CC[C@@H]4C(=O)N(c5ccc(Br)cc5)C(=O)[C@@H]43)[C@H](c3ccc(O)cc3Cl)[C@]2(c2ccc(Cl)cc2)C(=O)N1Nc1ncc(C(F)(F)F)cc1Cl. The largest absolute Gasteiger partial charge is 0.508 e. The van der Waals surface area contributed by atoms with Crippen molar-refractivity contribution in [2.24, 2.45) is 23.7 Å². The van der Waals surface area contributed by atoms with Crippen molar-refractivity contribution in [1.29, 1.82) is 0 Å². The summed E-state index contributed by atoms with van der Waals surface area (Å²) in [6.07, 6.45) is -2.30. The van der Waals surface area contributed by atoms with Crippen molar-refractivity contribution in [1.82, 2.24) is 9.99 Å². The number of allylic oxidation sites excluding steroid dienone is 2. The van der Waals surface area contributed by atoms with Crippen molar-refractivity contribution < 1.29 is 37.5 Å². The van der Waals surface area contributed by atoms with Gasteiger partial charge in [0.1, 0.15) is 5.75 Å². The van der Waals surface area contributed by atoms with Crippen LogP contribution >= 0.6 is 50.7 Å². The molecule has 2 saturated heterocycles. The second kappa shape index (κ2) is 13.1. The summed E-state index contributed by atoms with van der Waals surface area (Å²) in [5.74, 6) is -7.60. The first kappa shape index (κ1) is 36.5. The molecule has 8 rings (SSSR count). The Morgan fingerprint density at radius 3 is 2.22 bits per heavy atom. The number of fused-ring (bicyclic) bond motifs is 4. The van der Waals surface area contributed by atoms with E-state index in [9.17, 15) is 32.7 Å². The topological polar surface area (TPSA) is 120 Å². The smallest absolute Gasteiger partial charge is 0.417 e. The maximum absolute atomic E-state index is 15.3. The van der Waals surface area contributed by atoms with Gasteiger partial charge < -0.3 is 5.11 Å². The molecule has 3 fully saturated rings. The van der Waals surface area contributed by atoms with Crippen LogP contribution in [0.4, 0.5) is 24.7 Å². The minimum atomic E-state index is -4.76. The molecule has 6 atom stereocenters. The molecule has 9 nitrogen and oxygen atoms in total. The van der Waals surface area contributed by atoms with E-state index in [1.54, 1.807) is 54.6 Å². The van der Waals surface area contributed by atoms with Gasteiger partial charge in [-0.05, 0) is 84.5 Å². The predicted octanol–water partition coefficient (Wildman–Crippen LogP) is 8.72. The monoisotopic (exact) mass is 858 g/mol. The molecule has 4 aromatic rings.